The summed E-state index contributed by atoms with van der Waals surface area (Å²) >= 11 is 6.19. The molecule has 0 heterocycles. The minimum atomic E-state index is -0.412. The van der Waals surface area contributed by atoms with Gasteiger partial charge < -0.3 is 4.74 Å². The molecule has 1 aromatic carbocycles. The highest BCUT2D eigenvalue weighted by Crippen LogP contribution is 2.25. The number of benzene rings is 1. The molecule has 0 spiro atoms. The number of hydrogen-bond donors (Lipinski definition) is 1. The van der Waals surface area contributed by atoms with E-state index in [2.05, 4.69) is 12.6 Å². The molecule has 0 unspecified atom stereocenters. The Hall–Kier alpha value is -0.740. The van der Waals surface area contributed by atoms with Crippen LogP contribution in [0.5, 0.6) is 0 Å². The summed E-state index contributed by atoms with van der Waals surface area (Å²) in [5.74, 6) is -0.412. The third-order valence-electron chi connectivity index (χ3n) is 1.73. The molecular formula is C10H8INO2S. The van der Waals surface area contributed by atoms with Crippen LogP contribution in [0.3, 0.4) is 0 Å². The van der Waals surface area contributed by atoms with Crippen molar-refractivity contribution in [2.24, 2.45) is 0 Å². The van der Waals surface area contributed by atoms with Gasteiger partial charge in [-0.05, 0) is 41.6 Å². The summed E-state index contributed by atoms with van der Waals surface area (Å²) in [5, 5.41) is 8.77. The maximum atomic E-state index is 11.5. The minimum Gasteiger partial charge on any atom is -0.462 e. The number of hydrogen-bond acceptors (Lipinski definition) is 4. The quantitative estimate of drug-likeness (QED) is 0.514. The van der Waals surface area contributed by atoms with Gasteiger partial charge in [-0.25, -0.2) is 4.79 Å². The highest BCUT2D eigenvalue weighted by Gasteiger charge is 2.14. The molecule has 0 aromatic heterocycles. The van der Waals surface area contributed by atoms with Gasteiger partial charge in [-0.2, -0.15) is 5.26 Å². The maximum absolute atomic E-state index is 11.5. The molecule has 0 saturated carbocycles. The Balaban J connectivity index is 3.19. The SMILES string of the molecule is CCOC(=O)c1ccc(C#N)c(I)c1S. The number of halogens is 1. The summed E-state index contributed by atoms with van der Waals surface area (Å²) in [6.45, 7) is 2.06. The lowest BCUT2D eigenvalue weighted by atomic mass is 10.1. The number of rotatable bonds is 2. The molecular weight excluding hydrogens is 325 g/mol. The molecule has 0 bridgehead atoms. The van der Waals surface area contributed by atoms with Gasteiger partial charge in [0.1, 0.15) is 6.07 Å². The van der Waals surface area contributed by atoms with Gasteiger partial charge in [0.25, 0.3) is 0 Å². The average Bonchev–Trinajstić information content (AvgIpc) is 2.22. The first-order chi connectivity index (χ1) is 7.11. The Morgan fingerprint density at radius 2 is 2.33 bits per heavy atom. The predicted octanol–water partition coefficient (Wildman–Crippen LogP) is 2.63. The van der Waals surface area contributed by atoms with Gasteiger partial charge in [-0.15, -0.1) is 12.6 Å². The van der Waals surface area contributed by atoms with E-state index in [-0.39, 0.29) is 0 Å². The van der Waals surface area contributed by atoms with Gasteiger partial charge in [0.05, 0.1) is 17.7 Å². The topological polar surface area (TPSA) is 50.1 Å². The Bertz CT molecular complexity index is 440. The first-order valence-corrected chi connectivity index (χ1v) is 5.73. The fraction of sp³-hybridized carbons (Fsp3) is 0.200. The highest BCUT2D eigenvalue weighted by molar-refractivity contribution is 14.1. The van der Waals surface area contributed by atoms with Crippen molar-refractivity contribution in [1.82, 2.24) is 0 Å². The van der Waals surface area contributed by atoms with Gasteiger partial charge in [0.15, 0.2) is 0 Å². The number of carbonyl (C=O) groups excluding carboxylic acids is 1. The van der Waals surface area contributed by atoms with Crippen molar-refractivity contribution in [2.45, 2.75) is 11.8 Å². The fourth-order valence-corrected chi connectivity index (χ4v) is 1.90. The summed E-state index contributed by atoms with van der Waals surface area (Å²) in [6, 6.07) is 5.17. The number of thiol groups is 1. The van der Waals surface area contributed by atoms with Crippen LogP contribution in [0.25, 0.3) is 0 Å². The van der Waals surface area contributed by atoms with Crippen LogP contribution in [0.15, 0.2) is 17.0 Å². The van der Waals surface area contributed by atoms with Crippen molar-refractivity contribution in [3.05, 3.63) is 26.8 Å². The van der Waals surface area contributed by atoms with E-state index in [1.54, 1.807) is 19.1 Å². The van der Waals surface area contributed by atoms with Gasteiger partial charge in [0.2, 0.25) is 0 Å². The van der Waals surface area contributed by atoms with Crippen molar-refractivity contribution in [3.8, 4) is 6.07 Å². The van der Waals surface area contributed by atoms with Crippen LogP contribution in [-0.4, -0.2) is 12.6 Å². The molecule has 0 amide bonds. The Kier molecular flexibility index (Phi) is 4.42. The summed E-state index contributed by atoms with van der Waals surface area (Å²) in [7, 11) is 0. The van der Waals surface area contributed by atoms with Crippen LogP contribution in [0, 0.1) is 14.9 Å². The van der Waals surface area contributed by atoms with E-state index in [9.17, 15) is 4.79 Å². The number of esters is 1. The zero-order valence-electron chi connectivity index (χ0n) is 7.95. The van der Waals surface area contributed by atoms with Crippen molar-refractivity contribution in [1.29, 1.82) is 5.26 Å². The average molecular weight is 333 g/mol. The van der Waals surface area contributed by atoms with E-state index in [1.165, 1.54) is 0 Å². The summed E-state index contributed by atoms with van der Waals surface area (Å²) in [6.07, 6.45) is 0. The van der Waals surface area contributed by atoms with Crippen molar-refractivity contribution in [3.63, 3.8) is 0 Å². The van der Waals surface area contributed by atoms with E-state index in [1.807, 2.05) is 28.7 Å². The normalized spacial score (nSPS) is 9.47. The summed E-state index contributed by atoms with van der Waals surface area (Å²) in [4.78, 5) is 12.0. The summed E-state index contributed by atoms with van der Waals surface area (Å²) < 4.78 is 5.53. The third-order valence-corrected chi connectivity index (χ3v) is 3.74. The zero-order chi connectivity index (χ0) is 11.4. The third kappa shape index (κ3) is 2.63. The highest BCUT2D eigenvalue weighted by atomic mass is 127. The Labute approximate surface area is 107 Å². The molecule has 0 aliphatic heterocycles. The Morgan fingerprint density at radius 1 is 1.67 bits per heavy atom. The molecule has 0 atom stereocenters. The zero-order valence-corrected chi connectivity index (χ0v) is 11.0. The van der Waals surface area contributed by atoms with Crippen LogP contribution in [-0.2, 0) is 4.74 Å². The molecule has 0 N–H and O–H groups in total. The van der Waals surface area contributed by atoms with Crippen molar-refractivity contribution >= 4 is 41.2 Å². The number of carbonyl (C=O) groups is 1. The fourth-order valence-electron chi connectivity index (χ4n) is 1.02. The van der Waals surface area contributed by atoms with Crippen LogP contribution in [0.4, 0.5) is 0 Å². The predicted molar refractivity (Wildman–Crippen MR) is 67.1 cm³/mol. The van der Waals surface area contributed by atoms with Crippen LogP contribution < -0.4 is 0 Å². The van der Waals surface area contributed by atoms with Crippen LogP contribution >= 0.6 is 35.2 Å². The van der Waals surface area contributed by atoms with E-state index < -0.39 is 5.97 Å². The number of nitriles is 1. The van der Waals surface area contributed by atoms with E-state index in [0.717, 1.165) is 0 Å². The lowest BCUT2D eigenvalue weighted by Crippen LogP contribution is -2.07. The molecule has 3 nitrogen and oxygen atoms in total. The molecule has 0 aliphatic rings. The molecule has 0 fully saturated rings. The summed E-state index contributed by atoms with van der Waals surface area (Å²) in [5.41, 5.74) is 0.900. The second kappa shape index (κ2) is 5.37. The smallest absolute Gasteiger partial charge is 0.339 e. The Morgan fingerprint density at radius 3 is 2.87 bits per heavy atom. The molecule has 5 heteroatoms. The van der Waals surface area contributed by atoms with E-state index in [0.29, 0.717) is 26.2 Å². The largest absolute Gasteiger partial charge is 0.462 e. The van der Waals surface area contributed by atoms with Crippen LogP contribution in [0.2, 0.25) is 0 Å². The van der Waals surface area contributed by atoms with Gasteiger partial charge in [-0.1, -0.05) is 0 Å². The van der Waals surface area contributed by atoms with Crippen molar-refractivity contribution in [2.75, 3.05) is 6.61 Å². The molecule has 0 saturated heterocycles. The first kappa shape index (κ1) is 12.3. The van der Waals surface area contributed by atoms with Crippen LogP contribution in [0.1, 0.15) is 22.8 Å². The van der Waals surface area contributed by atoms with Crippen molar-refractivity contribution < 1.29 is 9.53 Å². The molecule has 0 aliphatic carbocycles. The van der Waals surface area contributed by atoms with Gasteiger partial charge in [-0.3, -0.25) is 0 Å². The molecule has 1 aromatic rings. The monoisotopic (exact) mass is 333 g/mol. The maximum Gasteiger partial charge on any atom is 0.339 e. The van der Waals surface area contributed by atoms with Gasteiger partial charge in [0, 0.05) is 8.47 Å². The second-order valence-corrected chi connectivity index (χ2v) is 4.18. The first-order valence-electron chi connectivity index (χ1n) is 4.20. The number of nitrogens with zero attached hydrogens (tertiary/aromatic N) is 1. The molecule has 15 heavy (non-hydrogen) atoms. The van der Waals surface area contributed by atoms with E-state index in [4.69, 9.17) is 10.00 Å². The lowest BCUT2D eigenvalue weighted by molar-refractivity contribution is 0.0522. The number of ether oxygens (including phenoxy) is 1. The molecule has 78 valence electrons. The second-order valence-electron chi connectivity index (χ2n) is 2.66. The minimum absolute atomic E-state index is 0.322. The molecule has 1 rings (SSSR count). The molecule has 0 radical (unpaired) electrons. The van der Waals surface area contributed by atoms with Gasteiger partial charge >= 0.3 is 5.97 Å². The van der Waals surface area contributed by atoms with E-state index >= 15 is 0 Å². The lowest BCUT2D eigenvalue weighted by Gasteiger charge is -2.07. The standard InChI is InChI=1S/C10H8INO2S/c1-2-14-10(13)7-4-3-6(5-12)8(11)9(7)15/h3-4,15H,2H2,1H3.